The molecule has 0 aromatic carbocycles. The summed E-state index contributed by atoms with van der Waals surface area (Å²) >= 11 is 0. The highest BCUT2D eigenvalue weighted by Crippen LogP contribution is 2.23. The van der Waals surface area contributed by atoms with Crippen molar-refractivity contribution < 1.29 is 14.3 Å². The Hall–Kier alpha value is -2.30. The minimum absolute atomic E-state index is 0.218. The molecule has 0 radical (unpaired) electrons. The Bertz CT molecular complexity index is 639. The van der Waals surface area contributed by atoms with Gasteiger partial charge in [-0.2, -0.15) is 0 Å². The topological polar surface area (TPSA) is 63.1 Å². The average Bonchev–Trinajstić information content (AvgIpc) is 2.41. The van der Waals surface area contributed by atoms with Crippen LogP contribution in [0.3, 0.4) is 0 Å². The van der Waals surface area contributed by atoms with Crippen LogP contribution in [0.5, 0.6) is 0 Å². The highest BCUT2D eigenvalue weighted by molar-refractivity contribution is 5.89. The number of rotatable bonds is 4. The zero-order valence-electron chi connectivity index (χ0n) is 11.4. The highest BCUT2D eigenvalue weighted by atomic mass is 19.1. The number of carboxylic acid groups (broad SMARTS) is 1. The number of hydrogen-bond acceptors (Lipinski definition) is 3. The molecule has 0 unspecified atom stereocenters. The van der Waals surface area contributed by atoms with Crippen LogP contribution in [0.15, 0.2) is 24.4 Å². The zero-order valence-corrected chi connectivity index (χ0v) is 11.4. The van der Waals surface area contributed by atoms with Gasteiger partial charge in [-0.1, -0.05) is 13.3 Å². The molecule has 2 aromatic rings. The fourth-order valence-electron chi connectivity index (χ4n) is 2.04. The molecule has 0 bridgehead atoms. The number of nitrogens with zero attached hydrogens (tertiary/aromatic N) is 2. The molecule has 20 heavy (non-hydrogen) atoms. The van der Waals surface area contributed by atoms with Crippen LogP contribution in [-0.4, -0.2) is 21.0 Å². The van der Waals surface area contributed by atoms with Gasteiger partial charge >= 0.3 is 5.97 Å². The largest absolute Gasteiger partial charge is 0.478 e. The fraction of sp³-hybridized carbons (Fsp3) is 0.267. The van der Waals surface area contributed by atoms with Gasteiger partial charge in [0.15, 0.2) is 0 Å². The van der Waals surface area contributed by atoms with Crippen LogP contribution in [0.25, 0.3) is 11.4 Å². The van der Waals surface area contributed by atoms with Crippen molar-refractivity contribution in [3.8, 4) is 11.4 Å². The van der Waals surface area contributed by atoms with Gasteiger partial charge in [0.05, 0.1) is 28.8 Å². The molecule has 1 N–H and O–H groups in total. The SMILES string of the molecule is CCCc1nc(-c2ccc(F)cn2)c(C)cc1C(=O)O. The Morgan fingerprint density at radius 3 is 2.70 bits per heavy atom. The first kappa shape index (κ1) is 14.1. The van der Waals surface area contributed by atoms with Crippen LogP contribution in [0.2, 0.25) is 0 Å². The number of carboxylic acids is 1. The van der Waals surface area contributed by atoms with Crippen molar-refractivity contribution in [3.05, 3.63) is 47.0 Å². The van der Waals surface area contributed by atoms with E-state index in [2.05, 4.69) is 9.97 Å². The minimum atomic E-state index is -0.984. The van der Waals surface area contributed by atoms with Gasteiger partial charge in [-0.3, -0.25) is 9.97 Å². The van der Waals surface area contributed by atoms with E-state index in [9.17, 15) is 14.3 Å². The minimum Gasteiger partial charge on any atom is -0.478 e. The summed E-state index contributed by atoms with van der Waals surface area (Å²) in [7, 11) is 0. The van der Waals surface area contributed by atoms with Gasteiger partial charge in [-0.15, -0.1) is 0 Å². The van der Waals surface area contributed by atoms with Crippen LogP contribution < -0.4 is 0 Å². The first-order chi connectivity index (χ1) is 9.52. The smallest absolute Gasteiger partial charge is 0.337 e. The van der Waals surface area contributed by atoms with E-state index in [0.29, 0.717) is 29.1 Å². The Labute approximate surface area is 116 Å². The molecular weight excluding hydrogens is 259 g/mol. The number of aromatic nitrogens is 2. The summed E-state index contributed by atoms with van der Waals surface area (Å²) in [6, 6.07) is 4.45. The van der Waals surface area contributed by atoms with Crippen LogP contribution in [0, 0.1) is 12.7 Å². The van der Waals surface area contributed by atoms with Crippen molar-refractivity contribution >= 4 is 5.97 Å². The van der Waals surface area contributed by atoms with Crippen molar-refractivity contribution in [1.82, 2.24) is 9.97 Å². The van der Waals surface area contributed by atoms with Gasteiger partial charge in [-0.25, -0.2) is 9.18 Å². The van der Waals surface area contributed by atoms with E-state index in [1.807, 2.05) is 6.92 Å². The fourth-order valence-corrected chi connectivity index (χ4v) is 2.04. The predicted octanol–water partition coefficient (Wildman–Crippen LogP) is 3.24. The molecule has 2 aromatic heterocycles. The van der Waals surface area contributed by atoms with Crippen LogP contribution in [-0.2, 0) is 6.42 Å². The van der Waals surface area contributed by atoms with E-state index in [1.54, 1.807) is 19.1 Å². The molecule has 0 aliphatic heterocycles. The summed E-state index contributed by atoms with van der Waals surface area (Å²) < 4.78 is 12.9. The van der Waals surface area contributed by atoms with Gasteiger partial charge in [-0.05, 0) is 37.1 Å². The molecule has 2 heterocycles. The molecule has 0 aliphatic rings. The second kappa shape index (κ2) is 5.77. The molecule has 0 fully saturated rings. The maximum atomic E-state index is 12.9. The Morgan fingerprint density at radius 1 is 1.40 bits per heavy atom. The molecule has 104 valence electrons. The number of pyridine rings is 2. The molecular formula is C15H15FN2O2. The third-order valence-corrected chi connectivity index (χ3v) is 2.98. The molecule has 0 saturated carbocycles. The first-order valence-electron chi connectivity index (χ1n) is 6.38. The number of halogens is 1. The molecule has 0 atom stereocenters. The van der Waals surface area contributed by atoms with Crippen molar-refractivity contribution in [2.24, 2.45) is 0 Å². The van der Waals surface area contributed by atoms with Crippen LogP contribution >= 0.6 is 0 Å². The average molecular weight is 274 g/mol. The summed E-state index contributed by atoms with van der Waals surface area (Å²) in [6.45, 7) is 3.73. The molecule has 0 aliphatic carbocycles. The Morgan fingerprint density at radius 2 is 2.15 bits per heavy atom. The van der Waals surface area contributed by atoms with Crippen molar-refractivity contribution in [1.29, 1.82) is 0 Å². The third-order valence-electron chi connectivity index (χ3n) is 2.98. The van der Waals surface area contributed by atoms with Crippen molar-refractivity contribution in [2.75, 3.05) is 0 Å². The molecule has 5 heteroatoms. The lowest BCUT2D eigenvalue weighted by Crippen LogP contribution is -2.07. The van der Waals surface area contributed by atoms with E-state index in [4.69, 9.17) is 0 Å². The molecule has 2 rings (SSSR count). The zero-order chi connectivity index (χ0) is 14.7. The summed E-state index contributed by atoms with van der Waals surface area (Å²) in [5.74, 6) is -1.40. The normalized spacial score (nSPS) is 10.6. The summed E-state index contributed by atoms with van der Waals surface area (Å²) in [4.78, 5) is 19.7. The summed E-state index contributed by atoms with van der Waals surface area (Å²) in [5.41, 5.74) is 2.60. The Kier molecular flexibility index (Phi) is 4.08. The van der Waals surface area contributed by atoms with E-state index in [1.165, 1.54) is 6.07 Å². The lowest BCUT2D eigenvalue weighted by atomic mass is 10.0. The number of aromatic carboxylic acids is 1. The van der Waals surface area contributed by atoms with Gasteiger partial charge in [0.2, 0.25) is 0 Å². The monoisotopic (exact) mass is 274 g/mol. The first-order valence-corrected chi connectivity index (χ1v) is 6.38. The summed E-state index contributed by atoms with van der Waals surface area (Å²) in [6.07, 6.45) is 2.50. The lowest BCUT2D eigenvalue weighted by Gasteiger charge is -2.10. The van der Waals surface area contributed by atoms with E-state index in [-0.39, 0.29) is 5.56 Å². The lowest BCUT2D eigenvalue weighted by molar-refractivity contribution is 0.0695. The third kappa shape index (κ3) is 2.82. The van der Waals surface area contributed by atoms with Gasteiger partial charge < -0.3 is 5.11 Å². The number of hydrogen-bond donors (Lipinski definition) is 1. The van der Waals surface area contributed by atoms with Crippen molar-refractivity contribution in [3.63, 3.8) is 0 Å². The molecule has 4 nitrogen and oxygen atoms in total. The van der Waals surface area contributed by atoms with Crippen molar-refractivity contribution in [2.45, 2.75) is 26.7 Å². The highest BCUT2D eigenvalue weighted by Gasteiger charge is 2.15. The van der Waals surface area contributed by atoms with Gasteiger partial charge in [0, 0.05) is 0 Å². The second-order valence-electron chi connectivity index (χ2n) is 4.56. The maximum Gasteiger partial charge on any atom is 0.337 e. The predicted molar refractivity (Wildman–Crippen MR) is 73.1 cm³/mol. The second-order valence-corrected chi connectivity index (χ2v) is 4.56. The van der Waals surface area contributed by atoms with Gasteiger partial charge in [0.25, 0.3) is 0 Å². The van der Waals surface area contributed by atoms with Crippen LogP contribution in [0.1, 0.15) is 35.0 Å². The standard InChI is InChI=1S/C15H15FN2O2/c1-3-4-12-11(15(19)20)7-9(2)14(18-12)13-6-5-10(16)8-17-13/h5-8H,3-4H2,1-2H3,(H,19,20). The van der Waals surface area contributed by atoms with Crippen LogP contribution in [0.4, 0.5) is 4.39 Å². The quantitative estimate of drug-likeness (QED) is 0.929. The van der Waals surface area contributed by atoms with Gasteiger partial charge in [0.1, 0.15) is 5.82 Å². The Balaban J connectivity index is 2.56. The maximum absolute atomic E-state index is 12.9. The van der Waals surface area contributed by atoms with E-state index >= 15 is 0 Å². The molecule has 0 saturated heterocycles. The molecule has 0 amide bonds. The number of aryl methyl sites for hydroxylation is 2. The van der Waals surface area contributed by atoms with E-state index in [0.717, 1.165) is 12.6 Å². The summed E-state index contributed by atoms with van der Waals surface area (Å²) in [5, 5.41) is 9.21. The number of carbonyl (C=O) groups is 1. The molecule has 0 spiro atoms. The van der Waals surface area contributed by atoms with E-state index < -0.39 is 11.8 Å².